The average Bonchev–Trinajstić information content (AvgIpc) is 2.34. The molecule has 3 N–H and O–H groups in total. The van der Waals surface area contributed by atoms with Gasteiger partial charge in [0, 0.05) is 17.1 Å². The quantitative estimate of drug-likeness (QED) is 0.767. The first-order valence-corrected chi connectivity index (χ1v) is 5.95. The third-order valence-electron chi connectivity index (χ3n) is 2.27. The Bertz CT molecular complexity index is 437. The van der Waals surface area contributed by atoms with E-state index in [9.17, 15) is 9.59 Å². The van der Waals surface area contributed by atoms with Crippen molar-refractivity contribution in [1.82, 2.24) is 10.6 Å². The van der Waals surface area contributed by atoms with Gasteiger partial charge in [-0.05, 0) is 12.5 Å². The lowest BCUT2D eigenvalue weighted by molar-refractivity contribution is -0.139. The number of halogens is 1. The summed E-state index contributed by atoms with van der Waals surface area (Å²) in [7, 11) is 0. The Hall–Kier alpha value is -1.75. The van der Waals surface area contributed by atoms with Gasteiger partial charge in [-0.3, -0.25) is 0 Å². The number of aliphatic carboxylic acids is 1. The van der Waals surface area contributed by atoms with Gasteiger partial charge in [0.05, 0.1) is 0 Å². The van der Waals surface area contributed by atoms with Crippen LogP contribution in [0.3, 0.4) is 0 Å². The van der Waals surface area contributed by atoms with Gasteiger partial charge in [-0.25, -0.2) is 9.59 Å². The average molecular weight is 271 g/mol. The van der Waals surface area contributed by atoms with Crippen molar-refractivity contribution in [3.8, 4) is 0 Å². The lowest BCUT2D eigenvalue weighted by atomic mass is 10.1. The number of amides is 2. The summed E-state index contributed by atoms with van der Waals surface area (Å²) >= 11 is 5.92. The van der Waals surface area contributed by atoms with E-state index in [1.54, 1.807) is 24.3 Å². The van der Waals surface area contributed by atoms with E-state index in [0.717, 1.165) is 6.42 Å². The standard InChI is InChI=1S/C12H15ClN2O3/c1-2-7-14-12(18)15-10(11(16)17)8-5-3-4-6-9(8)13/h3-6,10H,2,7H2,1H3,(H,16,17)(H2,14,15,18)/t10-/m1/s1. The minimum Gasteiger partial charge on any atom is -0.479 e. The molecular formula is C12H15ClN2O3. The molecule has 0 saturated carbocycles. The van der Waals surface area contributed by atoms with Gasteiger partial charge in [-0.2, -0.15) is 0 Å². The van der Waals surface area contributed by atoms with E-state index in [1.807, 2.05) is 6.92 Å². The summed E-state index contributed by atoms with van der Waals surface area (Å²) in [5.41, 5.74) is 0.360. The molecule has 2 amide bonds. The molecule has 0 aliphatic carbocycles. The molecule has 0 spiro atoms. The number of carboxylic acid groups (broad SMARTS) is 1. The van der Waals surface area contributed by atoms with Crippen molar-refractivity contribution < 1.29 is 14.7 Å². The molecule has 0 aliphatic heterocycles. The van der Waals surface area contributed by atoms with E-state index < -0.39 is 18.0 Å². The molecule has 1 rings (SSSR count). The number of carbonyl (C=O) groups excluding carboxylic acids is 1. The number of urea groups is 1. The maximum atomic E-state index is 11.5. The highest BCUT2D eigenvalue weighted by molar-refractivity contribution is 6.31. The molecule has 1 aromatic carbocycles. The SMILES string of the molecule is CCCNC(=O)N[C@@H](C(=O)O)c1ccccc1Cl. The first-order valence-electron chi connectivity index (χ1n) is 5.57. The molecule has 98 valence electrons. The predicted molar refractivity (Wildman–Crippen MR) is 68.7 cm³/mol. The third kappa shape index (κ3) is 3.92. The molecule has 5 nitrogen and oxygen atoms in total. The zero-order valence-corrected chi connectivity index (χ0v) is 10.7. The molecule has 0 radical (unpaired) electrons. The maximum absolute atomic E-state index is 11.5. The van der Waals surface area contributed by atoms with E-state index in [4.69, 9.17) is 16.7 Å². The summed E-state index contributed by atoms with van der Waals surface area (Å²) < 4.78 is 0. The Balaban J connectivity index is 2.81. The van der Waals surface area contributed by atoms with Gasteiger partial charge in [0.1, 0.15) is 0 Å². The van der Waals surface area contributed by atoms with Crippen molar-refractivity contribution in [3.63, 3.8) is 0 Å². The number of carbonyl (C=O) groups is 2. The third-order valence-corrected chi connectivity index (χ3v) is 2.62. The number of rotatable bonds is 5. The molecule has 0 saturated heterocycles. The van der Waals surface area contributed by atoms with E-state index in [2.05, 4.69) is 10.6 Å². The summed E-state index contributed by atoms with van der Waals surface area (Å²) in [5.74, 6) is -1.16. The molecule has 0 fully saturated rings. The minimum absolute atomic E-state index is 0.306. The first kappa shape index (κ1) is 14.3. The predicted octanol–water partition coefficient (Wildman–Crippen LogP) is 2.17. The molecule has 0 aromatic heterocycles. The van der Waals surface area contributed by atoms with E-state index in [0.29, 0.717) is 17.1 Å². The summed E-state index contributed by atoms with van der Waals surface area (Å²) in [5, 5.41) is 14.4. The second-order valence-electron chi connectivity index (χ2n) is 3.69. The number of hydrogen-bond acceptors (Lipinski definition) is 2. The van der Waals surface area contributed by atoms with Gasteiger partial charge < -0.3 is 15.7 Å². The second kappa shape index (κ2) is 6.86. The Morgan fingerprint density at radius 3 is 2.61 bits per heavy atom. The smallest absolute Gasteiger partial charge is 0.331 e. The molecule has 1 atom stereocenters. The molecule has 0 heterocycles. The summed E-state index contributed by atoms with van der Waals surface area (Å²) in [4.78, 5) is 22.6. The maximum Gasteiger partial charge on any atom is 0.331 e. The van der Waals surface area contributed by atoms with Crippen LogP contribution < -0.4 is 10.6 Å². The van der Waals surface area contributed by atoms with Crippen molar-refractivity contribution in [1.29, 1.82) is 0 Å². The zero-order chi connectivity index (χ0) is 13.5. The number of benzene rings is 1. The number of nitrogens with one attached hydrogen (secondary N) is 2. The van der Waals surface area contributed by atoms with Gasteiger partial charge in [0.2, 0.25) is 0 Å². The van der Waals surface area contributed by atoms with Crippen LogP contribution in [0, 0.1) is 0 Å². The monoisotopic (exact) mass is 270 g/mol. The van der Waals surface area contributed by atoms with Crippen LogP contribution >= 0.6 is 11.6 Å². The first-order chi connectivity index (χ1) is 8.56. The Morgan fingerprint density at radius 1 is 1.39 bits per heavy atom. The van der Waals surface area contributed by atoms with Gasteiger partial charge in [0.15, 0.2) is 6.04 Å². The van der Waals surface area contributed by atoms with Crippen molar-refractivity contribution in [2.24, 2.45) is 0 Å². The van der Waals surface area contributed by atoms with Crippen LogP contribution in [0.4, 0.5) is 4.79 Å². The lowest BCUT2D eigenvalue weighted by Crippen LogP contribution is -2.41. The highest BCUT2D eigenvalue weighted by atomic mass is 35.5. The van der Waals surface area contributed by atoms with Crippen molar-refractivity contribution in [2.45, 2.75) is 19.4 Å². The zero-order valence-electron chi connectivity index (χ0n) is 9.94. The Labute approximate surface area is 110 Å². The largest absolute Gasteiger partial charge is 0.479 e. The number of carboxylic acids is 1. The molecule has 0 unspecified atom stereocenters. The molecular weight excluding hydrogens is 256 g/mol. The fourth-order valence-electron chi connectivity index (χ4n) is 1.40. The Morgan fingerprint density at radius 2 is 2.06 bits per heavy atom. The fourth-order valence-corrected chi connectivity index (χ4v) is 1.65. The summed E-state index contributed by atoms with van der Waals surface area (Å²) in [6, 6.07) is 4.84. The van der Waals surface area contributed by atoms with Crippen LogP contribution in [-0.4, -0.2) is 23.7 Å². The van der Waals surface area contributed by atoms with Crippen LogP contribution in [-0.2, 0) is 4.79 Å². The second-order valence-corrected chi connectivity index (χ2v) is 4.10. The van der Waals surface area contributed by atoms with Crippen molar-refractivity contribution in [3.05, 3.63) is 34.9 Å². The van der Waals surface area contributed by atoms with E-state index in [1.165, 1.54) is 0 Å². The van der Waals surface area contributed by atoms with Gasteiger partial charge >= 0.3 is 12.0 Å². The normalized spacial score (nSPS) is 11.7. The molecule has 0 aliphatic rings. The lowest BCUT2D eigenvalue weighted by Gasteiger charge is -2.16. The minimum atomic E-state index is -1.16. The van der Waals surface area contributed by atoms with E-state index >= 15 is 0 Å². The Kier molecular flexibility index (Phi) is 5.45. The van der Waals surface area contributed by atoms with E-state index in [-0.39, 0.29) is 0 Å². The molecule has 1 aromatic rings. The van der Waals surface area contributed by atoms with Crippen molar-refractivity contribution >= 4 is 23.6 Å². The van der Waals surface area contributed by atoms with Gasteiger partial charge in [-0.15, -0.1) is 0 Å². The van der Waals surface area contributed by atoms with Crippen LogP contribution in [0.25, 0.3) is 0 Å². The highest BCUT2D eigenvalue weighted by Gasteiger charge is 2.23. The van der Waals surface area contributed by atoms with Gasteiger partial charge in [-0.1, -0.05) is 36.7 Å². The molecule has 0 bridgehead atoms. The van der Waals surface area contributed by atoms with Gasteiger partial charge in [0.25, 0.3) is 0 Å². The topological polar surface area (TPSA) is 78.4 Å². The van der Waals surface area contributed by atoms with Crippen molar-refractivity contribution in [2.75, 3.05) is 6.54 Å². The van der Waals surface area contributed by atoms with Crippen LogP contribution in [0.1, 0.15) is 24.9 Å². The highest BCUT2D eigenvalue weighted by Crippen LogP contribution is 2.22. The molecule has 18 heavy (non-hydrogen) atoms. The number of hydrogen-bond donors (Lipinski definition) is 3. The van der Waals surface area contributed by atoms with Crippen LogP contribution in [0.15, 0.2) is 24.3 Å². The van der Waals surface area contributed by atoms with Crippen LogP contribution in [0.2, 0.25) is 5.02 Å². The fraction of sp³-hybridized carbons (Fsp3) is 0.333. The summed E-state index contributed by atoms with van der Waals surface area (Å²) in [6.45, 7) is 2.39. The summed E-state index contributed by atoms with van der Waals surface area (Å²) in [6.07, 6.45) is 0.775. The molecule has 6 heteroatoms. The van der Waals surface area contributed by atoms with Crippen LogP contribution in [0.5, 0.6) is 0 Å².